The molecule has 1 aliphatic heterocycles. The Bertz CT molecular complexity index is 521. The van der Waals surface area contributed by atoms with Crippen LogP contribution in [-0.4, -0.2) is 65.4 Å². The van der Waals surface area contributed by atoms with Gasteiger partial charge in [0.15, 0.2) is 0 Å². The van der Waals surface area contributed by atoms with Gasteiger partial charge in [0.2, 0.25) is 0 Å². The topological polar surface area (TPSA) is 56.1 Å². The summed E-state index contributed by atoms with van der Waals surface area (Å²) in [6.07, 6.45) is 5.19. The van der Waals surface area contributed by atoms with Crippen molar-refractivity contribution < 1.29 is 9.90 Å². The van der Waals surface area contributed by atoms with Gasteiger partial charge >= 0.3 is 0 Å². The van der Waals surface area contributed by atoms with Crippen LogP contribution in [0.3, 0.4) is 0 Å². The molecule has 24 heavy (non-hydrogen) atoms. The zero-order valence-electron chi connectivity index (χ0n) is 15.3. The standard InChI is InChI=1S/C19H31N3O2/c1-6-18(20-9-11-21(7-2)15(3)4)12-17-8-10-22(13-17)19(24)16(5)14-23/h6,13,15,23H,1,5,7-12,14H2,2-4H3. The molecular weight excluding hydrogens is 302 g/mol. The maximum atomic E-state index is 12.0. The lowest BCUT2D eigenvalue weighted by Gasteiger charge is -2.23. The number of rotatable bonds is 10. The quantitative estimate of drug-likeness (QED) is 0.493. The van der Waals surface area contributed by atoms with Crippen molar-refractivity contribution in [1.82, 2.24) is 9.80 Å². The normalized spacial score (nSPS) is 15.2. The van der Waals surface area contributed by atoms with E-state index in [1.54, 1.807) is 11.0 Å². The number of hydrogen-bond acceptors (Lipinski definition) is 4. The number of likely N-dealkylation sites (N-methyl/N-ethyl adjacent to an activating group) is 1. The van der Waals surface area contributed by atoms with E-state index in [1.165, 1.54) is 0 Å². The third-order valence-electron chi connectivity index (χ3n) is 4.25. The predicted molar refractivity (Wildman–Crippen MR) is 100 cm³/mol. The van der Waals surface area contributed by atoms with Gasteiger partial charge in [-0.3, -0.25) is 14.7 Å². The van der Waals surface area contributed by atoms with E-state index in [1.807, 2.05) is 6.20 Å². The Hall–Kier alpha value is -1.72. The molecule has 1 rings (SSSR count). The van der Waals surface area contributed by atoms with Crippen molar-refractivity contribution in [3.8, 4) is 0 Å². The average molecular weight is 333 g/mol. The Morgan fingerprint density at radius 2 is 2.25 bits per heavy atom. The highest BCUT2D eigenvalue weighted by molar-refractivity contribution is 5.97. The molecule has 5 nitrogen and oxygen atoms in total. The smallest absolute Gasteiger partial charge is 0.255 e. The lowest BCUT2D eigenvalue weighted by molar-refractivity contribution is -0.124. The van der Waals surface area contributed by atoms with E-state index >= 15 is 0 Å². The first-order chi connectivity index (χ1) is 11.4. The molecule has 5 heteroatoms. The highest BCUT2D eigenvalue weighted by Crippen LogP contribution is 2.20. The molecule has 0 fully saturated rings. The number of nitrogens with zero attached hydrogens (tertiary/aromatic N) is 3. The summed E-state index contributed by atoms with van der Waals surface area (Å²) in [7, 11) is 0. The second-order valence-electron chi connectivity index (χ2n) is 6.27. The summed E-state index contributed by atoms with van der Waals surface area (Å²) < 4.78 is 0. The van der Waals surface area contributed by atoms with Gasteiger partial charge in [-0.25, -0.2) is 0 Å². The number of aliphatic hydroxyl groups is 1. The fourth-order valence-electron chi connectivity index (χ4n) is 2.71. The third kappa shape index (κ3) is 6.06. The van der Waals surface area contributed by atoms with Crippen LogP contribution >= 0.6 is 0 Å². The molecule has 0 aromatic heterocycles. The Balaban J connectivity index is 2.59. The summed E-state index contributed by atoms with van der Waals surface area (Å²) in [5.41, 5.74) is 2.33. The lowest BCUT2D eigenvalue weighted by Crippen LogP contribution is -2.32. The van der Waals surface area contributed by atoms with Crippen molar-refractivity contribution in [3.05, 3.63) is 36.6 Å². The molecule has 0 radical (unpaired) electrons. The molecule has 0 unspecified atom stereocenters. The molecule has 0 spiro atoms. The predicted octanol–water partition coefficient (Wildman–Crippen LogP) is 2.40. The number of carbonyl (C=O) groups excluding carboxylic acids is 1. The number of aliphatic hydroxyl groups excluding tert-OH is 1. The molecule has 0 bridgehead atoms. The molecule has 1 heterocycles. The monoisotopic (exact) mass is 333 g/mol. The van der Waals surface area contributed by atoms with E-state index in [4.69, 9.17) is 5.11 Å². The number of carbonyl (C=O) groups is 1. The zero-order valence-corrected chi connectivity index (χ0v) is 15.3. The van der Waals surface area contributed by atoms with Gasteiger partial charge in [-0.05, 0) is 38.5 Å². The van der Waals surface area contributed by atoms with Crippen LogP contribution in [0.2, 0.25) is 0 Å². The molecule has 1 aliphatic rings. The van der Waals surface area contributed by atoms with E-state index in [0.717, 1.165) is 37.3 Å². The number of allylic oxidation sites excluding steroid dienone is 1. The maximum Gasteiger partial charge on any atom is 0.255 e. The summed E-state index contributed by atoms with van der Waals surface area (Å²) in [6, 6.07) is 0.522. The number of aliphatic imine (C=N–C) groups is 1. The Kier molecular flexibility index (Phi) is 8.65. The van der Waals surface area contributed by atoms with Crippen LogP contribution < -0.4 is 0 Å². The summed E-state index contributed by atoms with van der Waals surface area (Å²) in [5.74, 6) is -0.208. The summed E-state index contributed by atoms with van der Waals surface area (Å²) >= 11 is 0. The fraction of sp³-hybridized carbons (Fsp3) is 0.579. The van der Waals surface area contributed by atoms with Crippen LogP contribution in [0.1, 0.15) is 33.6 Å². The van der Waals surface area contributed by atoms with Crippen molar-refractivity contribution in [2.24, 2.45) is 4.99 Å². The molecule has 1 N–H and O–H groups in total. The Labute approximate surface area is 146 Å². The molecule has 1 amide bonds. The van der Waals surface area contributed by atoms with Crippen LogP contribution in [-0.2, 0) is 4.79 Å². The molecule has 0 aromatic rings. The van der Waals surface area contributed by atoms with Crippen LogP contribution in [0.5, 0.6) is 0 Å². The minimum atomic E-state index is -0.304. The first-order valence-electron chi connectivity index (χ1n) is 8.61. The van der Waals surface area contributed by atoms with E-state index in [9.17, 15) is 4.79 Å². The van der Waals surface area contributed by atoms with Gasteiger partial charge in [0, 0.05) is 43.0 Å². The van der Waals surface area contributed by atoms with Crippen molar-refractivity contribution in [2.75, 3.05) is 32.8 Å². The summed E-state index contributed by atoms with van der Waals surface area (Å²) in [4.78, 5) is 20.6. The summed E-state index contributed by atoms with van der Waals surface area (Å²) in [5, 5.41) is 9.01. The largest absolute Gasteiger partial charge is 0.391 e. The first kappa shape index (κ1) is 20.3. The second kappa shape index (κ2) is 10.2. The van der Waals surface area contributed by atoms with Crippen molar-refractivity contribution in [2.45, 2.75) is 39.7 Å². The van der Waals surface area contributed by atoms with Crippen LogP contribution in [0.25, 0.3) is 0 Å². The van der Waals surface area contributed by atoms with E-state index in [0.29, 0.717) is 19.0 Å². The highest BCUT2D eigenvalue weighted by Gasteiger charge is 2.20. The molecule has 134 valence electrons. The number of amides is 1. The molecule has 0 aliphatic carbocycles. The van der Waals surface area contributed by atoms with Gasteiger partial charge in [0.25, 0.3) is 5.91 Å². The zero-order chi connectivity index (χ0) is 18.1. The van der Waals surface area contributed by atoms with Crippen LogP contribution in [0.15, 0.2) is 41.6 Å². The van der Waals surface area contributed by atoms with Crippen molar-refractivity contribution >= 4 is 11.6 Å². The third-order valence-corrected chi connectivity index (χ3v) is 4.25. The molecule has 0 saturated carbocycles. The average Bonchev–Trinajstić information content (AvgIpc) is 3.04. The van der Waals surface area contributed by atoms with Gasteiger partial charge in [-0.1, -0.05) is 20.1 Å². The van der Waals surface area contributed by atoms with E-state index < -0.39 is 0 Å². The fourth-order valence-corrected chi connectivity index (χ4v) is 2.71. The lowest BCUT2D eigenvalue weighted by atomic mass is 10.1. The molecular formula is C19H31N3O2. The van der Waals surface area contributed by atoms with Gasteiger partial charge in [-0.15, -0.1) is 0 Å². The Morgan fingerprint density at radius 3 is 2.79 bits per heavy atom. The first-order valence-corrected chi connectivity index (χ1v) is 8.61. The van der Waals surface area contributed by atoms with Gasteiger partial charge in [0.05, 0.1) is 13.2 Å². The SMILES string of the molecule is C=CC(CC1=CN(C(=O)C(=C)CO)CC1)=NCCN(CC)C(C)C. The second-order valence-corrected chi connectivity index (χ2v) is 6.27. The maximum absolute atomic E-state index is 12.0. The molecule has 0 aromatic carbocycles. The van der Waals surface area contributed by atoms with Crippen molar-refractivity contribution in [1.29, 1.82) is 0 Å². The van der Waals surface area contributed by atoms with Gasteiger partial charge < -0.3 is 10.0 Å². The minimum Gasteiger partial charge on any atom is -0.391 e. The van der Waals surface area contributed by atoms with Crippen molar-refractivity contribution in [3.63, 3.8) is 0 Å². The molecule has 0 saturated heterocycles. The van der Waals surface area contributed by atoms with Gasteiger partial charge in [-0.2, -0.15) is 0 Å². The van der Waals surface area contributed by atoms with Crippen LogP contribution in [0.4, 0.5) is 0 Å². The summed E-state index contributed by atoms with van der Waals surface area (Å²) in [6.45, 7) is 17.0. The van der Waals surface area contributed by atoms with E-state index in [-0.39, 0.29) is 18.1 Å². The molecule has 0 atom stereocenters. The highest BCUT2D eigenvalue weighted by atomic mass is 16.3. The van der Waals surface area contributed by atoms with Gasteiger partial charge in [0.1, 0.15) is 0 Å². The Morgan fingerprint density at radius 1 is 1.54 bits per heavy atom. The number of hydrogen-bond donors (Lipinski definition) is 1. The minimum absolute atomic E-state index is 0.208. The van der Waals surface area contributed by atoms with E-state index in [2.05, 4.69) is 43.8 Å². The van der Waals surface area contributed by atoms with Crippen LogP contribution in [0, 0.1) is 0 Å².